The minimum atomic E-state index is -1.04. The van der Waals surface area contributed by atoms with Crippen molar-refractivity contribution in [3.63, 3.8) is 0 Å². The number of esters is 1. The molecule has 8 heteroatoms. The highest BCUT2D eigenvalue weighted by Gasteiger charge is 2.24. The van der Waals surface area contributed by atoms with Crippen LogP contribution in [0.25, 0.3) is 6.08 Å². The molecule has 0 aliphatic carbocycles. The fourth-order valence-electron chi connectivity index (χ4n) is 2.72. The van der Waals surface area contributed by atoms with Gasteiger partial charge < -0.3 is 19.5 Å². The van der Waals surface area contributed by atoms with E-state index in [4.69, 9.17) is 37.4 Å². The second-order valence-corrected chi connectivity index (χ2v) is 7.32. The summed E-state index contributed by atoms with van der Waals surface area (Å²) >= 11 is 12.1. The van der Waals surface area contributed by atoms with Gasteiger partial charge in [-0.25, -0.2) is 4.79 Å². The summed E-state index contributed by atoms with van der Waals surface area (Å²) in [7, 11) is 1.47. The average Bonchev–Trinajstić information content (AvgIpc) is 2.69. The largest absolute Gasteiger partial charge is 0.495 e. The van der Waals surface area contributed by atoms with E-state index < -0.39 is 18.0 Å². The van der Waals surface area contributed by atoms with Crippen molar-refractivity contribution in [3.8, 4) is 11.5 Å². The molecule has 1 amide bonds. The highest BCUT2D eigenvalue weighted by Crippen LogP contribution is 2.31. The van der Waals surface area contributed by atoms with E-state index in [0.29, 0.717) is 38.4 Å². The van der Waals surface area contributed by atoms with Crippen LogP contribution in [0.3, 0.4) is 0 Å². The molecule has 0 saturated heterocycles. The van der Waals surface area contributed by atoms with Crippen molar-refractivity contribution in [2.75, 3.05) is 19.0 Å². The van der Waals surface area contributed by atoms with E-state index in [1.807, 2.05) is 0 Å². The van der Waals surface area contributed by atoms with Crippen LogP contribution in [0.4, 0.5) is 5.69 Å². The molecule has 3 rings (SSSR count). The number of anilines is 1. The van der Waals surface area contributed by atoms with E-state index >= 15 is 0 Å². The number of rotatable bonds is 5. The second kappa shape index (κ2) is 8.76. The van der Waals surface area contributed by atoms with Crippen LogP contribution in [0, 0.1) is 6.92 Å². The molecule has 1 aliphatic rings. The number of aryl methyl sites for hydroxylation is 1. The van der Waals surface area contributed by atoms with Crippen LogP contribution >= 0.6 is 23.2 Å². The van der Waals surface area contributed by atoms with Gasteiger partial charge in [0, 0.05) is 21.7 Å². The average molecular weight is 436 g/mol. The molecular weight excluding hydrogens is 417 g/mol. The monoisotopic (exact) mass is 435 g/mol. The zero-order chi connectivity index (χ0) is 21.1. The number of ether oxygens (including phenoxy) is 3. The minimum Gasteiger partial charge on any atom is -0.495 e. The molecule has 0 fully saturated rings. The van der Waals surface area contributed by atoms with Crippen LogP contribution < -0.4 is 14.8 Å². The fourth-order valence-corrected chi connectivity index (χ4v) is 3.05. The SMILES string of the molecule is COc1cc(Cl)c(C)cc1NC(=O)C(C)OC(=O)C1=Cc2cc(Cl)ccc2OC1. The first-order valence-electron chi connectivity index (χ1n) is 8.77. The van der Waals surface area contributed by atoms with Gasteiger partial charge in [0.1, 0.15) is 18.1 Å². The first-order chi connectivity index (χ1) is 13.8. The van der Waals surface area contributed by atoms with Gasteiger partial charge in [-0.05, 0) is 49.8 Å². The molecule has 0 spiro atoms. The molecule has 1 heterocycles. The van der Waals surface area contributed by atoms with Crippen molar-refractivity contribution in [3.05, 3.63) is 57.1 Å². The number of carbonyl (C=O) groups is 2. The molecule has 0 radical (unpaired) electrons. The summed E-state index contributed by atoms with van der Waals surface area (Å²) in [6.45, 7) is 3.34. The zero-order valence-electron chi connectivity index (χ0n) is 16.0. The van der Waals surface area contributed by atoms with Gasteiger partial charge in [-0.1, -0.05) is 23.2 Å². The molecule has 152 valence electrons. The topological polar surface area (TPSA) is 73.9 Å². The number of nitrogens with one attached hydrogen (secondary N) is 1. The van der Waals surface area contributed by atoms with E-state index in [1.54, 1.807) is 43.3 Å². The maximum absolute atomic E-state index is 12.5. The summed E-state index contributed by atoms with van der Waals surface area (Å²) in [5, 5.41) is 3.74. The summed E-state index contributed by atoms with van der Waals surface area (Å²) < 4.78 is 16.1. The first-order valence-corrected chi connectivity index (χ1v) is 9.53. The maximum Gasteiger partial charge on any atom is 0.338 e. The highest BCUT2D eigenvalue weighted by atomic mass is 35.5. The molecule has 1 aliphatic heterocycles. The third kappa shape index (κ3) is 4.83. The Bertz CT molecular complexity index is 1000. The number of halogens is 2. The molecule has 29 heavy (non-hydrogen) atoms. The van der Waals surface area contributed by atoms with Gasteiger partial charge in [-0.15, -0.1) is 0 Å². The van der Waals surface area contributed by atoms with E-state index in [2.05, 4.69) is 5.32 Å². The second-order valence-electron chi connectivity index (χ2n) is 6.48. The van der Waals surface area contributed by atoms with Gasteiger partial charge in [0.15, 0.2) is 6.10 Å². The van der Waals surface area contributed by atoms with E-state index in [9.17, 15) is 9.59 Å². The van der Waals surface area contributed by atoms with Crippen molar-refractivity contribution in [2.45, 2.75) is 20.0 Å². The van der Waals surface area contributed by atoms with Crippen LogP contribution in [0.1, 0.15) is 18.1 Å². The molecule has 1 N–H and O–H groups in total. The fraction of sp³-hybridized carbons (Fsp3) is 0.238. The zero-order valence-corrected chi connectivity index (χ0v) is 17.6. The number of methoxy groups -OCH3 is 1. The van der Waals surface area contributed by atoms with Crippen LogP contribution in [0.15, 0.2) is 35.9 Å². The normalized spacial score (nSPS) is 13.5. The Labute approximate surface area is 178 Å². The van der Waals surface area contributed by atoms with E-state index in [0.717, 1.165) is 5.56 Å². The van der Waals surface area contributed by atoms with Gasteiger partial charge >= 0.3 is 5.97 Å². The smallest absolute Gasteiger partial charge is 0.338 e. The van der Waals surface area contributed by atoms with Crippen molar-refractivity contribution in [1.29, 1.82) is 0 Å². The van der Waals surface area contributed by atoms with Crippen molar-refractivity contribution >= 4 is 46.8 Å². The van der Waals surface area contributed by atoms with Crippen LogP contribution in [-0.2, 0) is 14.3 Å². The quantitative estimate of drug-likeness (QED) is 0.691. The summed E-state index contributed by atoms with van der Waals surface area (Å²) in [5.41, 5.74) is 2.17. The lowest BCUT2D eigenvalue weighted by Gasteiger charge is -2.19. The number of carbonyl (C=O) groups excluding carboxylic acids is 2. The number of hydrogen-bond acceptors (Lipinski definition) is 5. The molecule has 1 atom stereocenters. The summed E-state index contributed by atoms with van der Waals surface area (Å²) in [6.07, 6.45) is 0.605. The Hall–Kier alpha value is -2.70. The van der Waals surface area contributed by atoms with Crippen molar-refractivity contribution < 1.29 is 23.8 Å². The van der Waals surface area contributed by atoms with E-state index in [1.165, 1.54) is 14.0 Å². The number of hydrogen-bond donors (Lipinski definition) is 1. The molecular formula is C21H19Cl2NO5. The van der Waals surface area contributed by atoms with Crippen LogP contribution in [0.2, 0.25) is 10.0 Å². The minimum absolute atomic E-state index is 0.0476. The van der Waals surface area contributed by atoms with Crippen LogP contribution in [-0.4, -0.2) is 31.7 Å². The summed E-state index contributed by atoms with van der Waals surface area (Å²) in [4.78, 5) is 24.9. The van der Waals surface area contributed by atoms with Crippen molar-refractivity contribution in [2.24, 2.45) is 0 Å². The number of amides is 1. The Morgan fingerprint density at radius 1 is 1.21 bits per heavy atom. The Morgan fingerprint density at radius 3 is 2.69 bits per heavy atom. The third-order valence-corrected chi connectivity index (χ3v) is 4.98. The summed E-state index contributed by atoms with van der Waals surface area (Å²) in [6, 6.07) is 8.42. The number of fused-ring (bicyclic) bond motifs is 1. The summed E-state index contributed by atoms with van der Waals surface area (Å²) in [5.74, 6) is -0.108. The molecule has 0 aromatic heterocycles. The van der Waals surface area contributed by atoms with Gasteiger partial charge in [-0.3, -0.25) is 4.79 Å². The maximum atomic E-state index is 12.5. The van der Waals surface area contributed by atoms with Gasteiger partial charge in [0.25, 0.3) is 5.91 Å². The van der Waals surface area contributed by atoms with Gasteiger partial charge in [0.2, 0.25) is 0 Å². The molecule has 2 aromatic rings. The lowest BCUT2D eigenvalue weighted by atomic mass is 10.1. The lowest BCUT2D eigenvalue weighted by Crippen LogP contribution is -2.31. The van der Waals surface area contributed by atoms with Crippen LogP contribution in [0.5, 0.6) is 11.5 Å². The molecule has 0 saturated carbocycles. The molecule has 1 unspecified atom stereocenters. The first kappa shape index (κ1) is 21.0. The highest BCUT2D eigenvalue weighted by molar-refractivity contribution is 6.31. The Balaban J connectivity index is 1.69. The Morgan fingerprint density at radius 2 is 1.97 bits per heavy atom. The Kier molecular flexibility index (Phi) is 6.35. The molecule has 0 bridgehead atoms. The predicted molar refractivity (Wildman–Crippen MR) is 112 cm³/mol. The standard InChI is InChI=1S/C21H19Cl2NO5/c1-11-6-17(19(27-3)9-16(11)23)24-20(25)12(2)29-21(26)14-7-13-8-15(22)4-5-18(13)28-10-14/h4-9,12H,10H2,1-3H3,(H,24,25). The van der Waals surface area contributed by atoms with Gasteiger partial charge in [0.05, 0.1) is 18.4 Å². The van der Waals surface area contributed by atoms with E-state index in [-0.39, 0.29) is 6.61 Å². The molecule has 6 nitrogen and oxygen atoms in total. The van der Waals surface area contributed by atoms with Crippen molar-refractivity contribution in [1.82, 2.24) is 0 Å². The van der Waals surface area contributed by atoms with Gasteiger partial charge in [-0.2, -0.15) is 0 Å². The number of benzene rings is 2. The lowest BCUT2D eigenvalue weighted by molar-refractivity contribution is -0.149. The molecule has 2 aromatic carbocycles. The predicted octanol–water partition coefficient (Wildman–Crippen LogP) is 4.66. The third-order valence-electron chi connectivity index (χ3n) is 4.34.